The van der Waals surface area contributed by atoms with E-state index in [4.69, 9.17) is 0 Å². The summed E-state index contributed by atoms with van der Waals surface area (Å²) in [4.78, 5) is 13.4. The third-order valence-electron chi connectivity index (χ3n) is 2.85. The fraction of sp³-hybridized carbons (Fsp3) is 0.267. The maximum absolute atomic E-state index is 4.58. The fourth-order valence-corrected chi connectivity index (χ4v) is 3.65. The average Bonchev–Trinajstić information content (AvgIpc) is 2.88. The molecule has 0 unspecified atom stereocenters. The largest absolute Gasteiger partial charge is 0.310 e. The van der Waals surface area contributed by atoms with Gasteiger partial charge in [0.05, 0.1) is 10.2 Å². The van der Waals surface area contributed by atoms with Gasteiger partial charge >= 0.3 is 0 Å². The van der Waals surface area contributed by atoms with E-state index in [-0.39, 0.29) is 0 Å². The van der Waals surface area contributed by atoms with Crippen LogP contribution in [0.25, 0.3) is 10.2 Å². The summed E-state index contributed by atoms with van der Waals surface area (Å²) in [7, 11) is 0. The van der Waals surface area contributed by atoms with Gasteiger partial charge in [0, 0.05) is 30.5 Å². The molecular weight excluding hydrogens is 300 g/mol. The van der Waals surface area contributed by atoms with Gasteiger partial charge < -0.3 is 5.32 Å². The van der Waals surface area contributed by atoms with Gasteiger partial charge in [0.25, 0.3) is 0 Å². The Balaban J connectivity index is 1.69. The molecule has 4 nitrogen and oxygen atoms in total. The number of thiazole rings is 1. The van der Waals surface area contributed by atoms with Crippen LogP contribution >= 0.6 is 23.1 Å². The van der Waals surface area contributed by atoms with E-state index >= 15 is 0 Å². The van der Waals surface area contributed by atoms with E-state index in [1.165, 1.54) is 16.5 Å². The second-order valence-electron chi connectivity index (χ2n) is 4.96. The number of rotatable bonds is 5. The molecule has 0 aliphatic rings. The Morgan fingerprint density at radius 3 is 2.67 bits per heavy atom. The number of hydrogen-bond acceptors (Lipinski definition) is 6. The lowest BCUT2D eigenvalue weighted by Crippen LogP contribution is -2.21. The first-order valence-electron chi connectivity index (χ1n) is 6.78. The highest BCUT2D eigenvalue weighted by molar-refractivity contribution is 8.01. The summed E-state index contributed by atoms with van der Waals surface area (Å²) < 4.78 is 2.17. The Bertz CT molecular complexity index is 689. The van der Waals surface area contributed by atoms with E-state index < -0.39 is 0 Å². The molecule has 0 spiro atoms. The Morgan fingerprint density at radius 2 is 1.95 bits per heavy atom. The molecule has 0 fully saturated rings. The molecule has 6 heteroatoms. The molecule has 1 aromatic carbocycles. The van der Waals surface area contributed by atoms with E-state index in [9.17, 15) is 0 Å². The lowest BCUT2D eigenvalue weighted by atomic mass is 10.3. The zero-order chi connectivity index (χ0) is 14.7. The van der Waals surface area contributed by atoms with Crippen LogP contribution in [0.2, 0.25) is 0 Å². The minimum Gasteiger partial charge on any atom is -0.310 e. The van der Waals surface area contributed by atoms with Crippen LogP contribution in [0.1, 0.15) is 19.4 Å². The number of para-hydroxylation sites is 1. The molecule has 2 heterocycles. The zero-order valence-corrected chi connectivity index (χ0v) is 13.5. The Hall–Kier alpha value is -1.50. The van der Waals surface area contributed by atoms with Crippen molar-refractivity contribution in [1.82, 2.24) is 20.3 Å². The van der Waals surface area contributed by atoms with Crippen LogP contribution in [-0.2, 0) is 6.54 Å². The van der Waals surface area contributed by atoms with Gasteiger partial charge in [-0.1, -0.05) is 26.0 Å². The van der Waals surface area contributed by atoms with Crippen molar-refractivity contribution in [2.24, 2.45) is 0 Å². The average molecular weight is 316 g/mol. The van der Waals surface area contributed by atoms with Gasteiger partial charge in [0.1, 0.15) is 0 Å². The lowest BCUT2D eigenvalue weighted by Gasteiger charge is -2.07. The lowest BCUT2D eigenvalue weighted by molar-refractivity contribution is 0.585. The zero-order valence-electron chi connectivity index (χ0n) is 11.9. The first-order valence-corrected chi connectivity index (χ1v) is 8.42. The molecule has 0 amide bonds. The Morgan fingerprint density at radius 1 is 1.19 bits per heavy atom. The summed E-state index contributed by atoms with van der Waals surface area (Å²) in [6.45, 7) is 5.04. The van der Waals surface area contributed by atoms with E-state index in [0.717, 1.165) is 27.1 Å². The predicted molar refractivity (Wildman–Crippen MR) is 87.8 cm³/mol. The van der Waals surface area contributed by atoms with Gasteiger partial charge in [-0.05, 0) is 23.9 Å². The summed E-state index contributed by atoms with van der Waals surface area (Å²) in [5.74, 6) is 0. The van der Waals surface area contributed by atoms with Crippen molar-refractivity contribution in [3.8, 4) is 0 Å². The van der Waals surface area contributed by atoms with Gasteiger partial charge in [0.2, 0.25) is 0 Å². The molecule has 2 aromatic heterocycles. The van der Waals surface area contributed by atoms with Crippen molar-refractivity contribution < 1.29 is 0 Å². The predicted octanol–water partition coefficient (Wildman–Crippen LogP) is 3.74. The number of aromatic nitrogens is 3. The molecule has 21 heavy (non-hydrogen) atoms. The van der Waals surface area contributed by atoms with Crippen LogP contribution in [0, 0.1) is 0 Å². The number of nitrogens with one attached hydrogen (secondary N) is 1. The van der Waals surface area contributed by atoms with Crippen molar-refractivity contribution in [1.29, 1.82) is 0 Å². The summed E-state index contributed by atoms with van der Waals surface area (Å²) in [5.41, 5.74) is 2.13. The van der Waals surface area contributed by atoms with E-state index in [0.29, 0.717) is 6.04 Å². The van der Waals surface area contributed by atoms with Crippen LogP contribution < -0.4 is 5.32 Å². The number of nitrogens with zero attached hydrogens (tertiary/aromatic N) is 3. The molecular formula is C15H16N4S2. The van der Waals surface area contributed by atoms with E-state index in [2.05, 4.69) is 40.2 Å². The maximum Gasteiger partial charge on any atom is 0.194 e. The van der Waals surface area contributed by atoms with Gasteiger partial charge in [-0.2, -0.15) is 0 Å². The molecule has 0 atom stereocenters. The summed E-state index contributed by atoms with van der Waals surface area (Å²) >= 11 is 3.18. The smallest absolute Gasteiger partial charge is 0.194 e. The van der Waals surface area contributed by atoms with E-state index in [1.54, 1.807) is 11.3 Å². The molecule has 0 saturated carbocycles. The second kappa shape index (κ2) is 6.51. The number of benzene rings is 1. The molecule has 0 saturated heterocycles. The van der Waals surface area contributed by atoms with Crippen LogP contribution in [0.3, 0.4) is 0 Å². The van der Waals surface area contributed by atoms with Crippen molar-refractivity contribution >= 4 is 33.3 Å². The molecule has 0 bridgehead atoms. The minimum absolute atomic E-state index is 0.460. The molecule has 3 aromatic rings. The van der Waals surface area contributed by atoms with Gasteiger partial charge in [-0.25, -0.2) is 15.0 Å². The quantitative estimate of drug-likeness (QED) is 0.727. The molecule has 3 rings (SSSR count). The van der Waals surface area contributed by atoms with Gasteiger partial charge in [0.15, 0.2) is 9.50 Å². The fourth-order valence-electron chi connectivity index (χ4n) is 1.78. The molecule has 0 aliphatic heterocycles. The molecule has 0 radical (unpaired) electrons. The van der Waals surface area contributed by atoms with E-state index in [1.807, 2.05) is 30.6 Å². The summed E-state index contributed by atoms with van der Waals surface area (Å²) in [6, 6.07) is 8.60. The monoisotopic (exact) mass is 316 g/mol. The highest BCUT2D eigenvalue weighted by Crippen LogP contribution is 2.32. The van der Waals surface area contributed by atoms with Crippen LogP contribution in [0.4, 0.5) is 0 Å². The Labute approximate surface area is 132 Å². The summed E-state index contributed by atoms with van der Waals surface area (Å²) in [6.07, 6.45) is 3.75. The van der Waals surface area contributed by atoms with Crippen molar-refractivity contribution in [2.75, 3.05) is 0 Å². The highest BCUT2D eigenvalue weighted by atomic mass is 32.2. The molecule has 0 aliphatic carbocycles. The number of fused-ring (bicyclic) bond motifs is 1. The molecule has 108 valence electrons. The summed E-state index contributed by atoms with van der Waals surface area (Å²) in [5, 5.41) is 4.09. The van der Waals surface area contributed by atoms with Crippen LogP contribution in [-0.4, -0.2) is 21.0 Å². The minimum atomic E-state index is 0.460. The van der Waals surface area contributed by atoms with Crippen molar-refractivity contribution in [3.63, 3.8) is 0 Å². The maximum atomic E-state index is 4.58. The first-order chi connectivity index (χ1) is 10.2. The van der Waals surface area contributed by atoms with Crippen LogP contribution in [0.5, 0.6) is 0 Å². The topological polar surface area (TPSA) is 50.7 Å². The third kappa shape index (κ3) is 3.78. The second-order valence-corrected chi connectivity index (χ2v) is 7.20. The third-order valence-corrected chi connectivity index (χ3v) is 4.84. The standard InChI is InChI=1S/C15H16N4S2/c1-10(2)16-7-11-8-17-14(18-9-11)21-15-19-12-5-3-4-6-13(12)20-15/h3-6,8-10,16H,7H2,1-2H3. The SMILES string of the molecule is CC(C)NCc1cnc(Sc2nc3ccccc3s2)nc1. The van der Waals surface area contributed by atoms with Crippen molar-refractivity contribution in [2.45, 2.75) is 35.9 Å². The Kier molecular flexibility index (Phi) is 4.48. The van der Waals surface area contributed by atoms with Gasteiger partial charge in [-0.15, -0.1) is 11.3 Å². The number of hydrogen-bond donors (Lipinski definition) is 1. The normalized spacial score (nSPS) is 11.4. The first kappa shape index (κ1) is 14.4. The van der Waals surface area contributed by atoms with Crippen molar-refractivity contribution in [3.05, 3.63) is 42.2 Å². The van der Waals surface area contributed by atoms with Gasteiger partial charge in [-0.3, -0.25) is 0 Å². The molecule has 1 N–H and O–H groups in total. The van der Waals surface area contributed by atoms with Crippen LogP contribution in [0.15, 0.2) is 46.2 Å². The highest BCUT2D eigenvalue weighted by Gasteiger charge is 2.07.